The number of carbonyl (C=O) groups excluding carboxylic acids is 1. The zero-order chi connectivity index (χ0) is 20.3. The largest absolute Gasteiger partial charge is 0.482 e. The maximum absolute atomic E-state index is 13.1. The summed E-state index contributed by atoms with van der Waals surface area (Å²) in [5.74, 6) is 0.269. The number of nitrogens with zero attached hydrogens (tertiary/aromatic N) is 2. The highest BCUT2D eigenvalue weighted by Gasteiger charge is 2.32. The van der Waals surface area contributed by atoms with E-state index >= 15 is 0 Å². The summed E-state index contributed by atoms with van der Waals surface area (Å²) >= 11 is 0. The molecule has 150 valence electrons. The second kappa shape index (κ2) is 8.61. The molecule has 0 saturated carbocycles. The number of carbonyl (C=O) groups is 1. The predicted octanol–water partition coefficient (Wildman–Crippen LogP) is 3.22. The van der Waals surface area contributed by atoms with Crippen LogP contribution in [0.2, 0.25) is 0 Å². The number of hydrogen-bond donors (Lipinski definition) is 1. The summed E-state index contributed by atoms with van der Waals surface area (Å²) in [6, 6.07) is 12.4. The number of anilines is 1. The second-order valence-corrected chi connectivity index (χ2v) is 7.63. The minimum Gasteiger partial charge on any atom is -0.482 e. The third-order valence-electron chi connectivity index (χ3n) is 5.25. The van der Waals surface area contributed by atoms with E-state index in [-0.39, 0.29) is 30.4 Å². The average Bonchev–Trinajstić information content (AvgIpc) is 2.65. The summed E-state index contributed by atoms with van der Waals surface area (Å²) in [5.41, 5.74) is 8.62. The van der Waals surface area contributed by atoms with E-state index in [1.165, 1.54) is 12.1 Å². The van der Waals surface area contributed by atoms with Crippen molar-refractivity contribution in [2.75, 3.05) is 25.4 Å². The van der Waals surface area contributed by atoms with E-state index < -0.39 is 0 Å². The molecular formula is C22H28FN3O2. The molecule has 5 nitrogen and oxygen atoms in total. The molecular weight excluding hydrogens is 357 g/mol. The van der Waals surface area contributed by atoms with E-state index in [0.717, 1.165) is 24.2 Å². The van der Waals surface area contributed by atoms with Crippen LogP contribution in [-0.2, 0) is 11.3 Å². The van der Waals surface area contributed by atoms with Crippen molar-refractivity contribution in [3.05, 3.63) is 59.4 Å². The lowest BCUT2D eigenvalue weighted by molar-refractivity contribution is -0.139. The van der Waals surface area contributed by atoms with E-state index in [1.54, 1.807) is 6.07 Å². The number of aryl methyl sites for hydroxylation is 1. The Labute approximate surface area is 165 Å². The van der Waals surface area contributed by atoms with Gasteiger partial charge in [0.1, 0.15) is 11.6 Å². The van der Waals surface area contributed by atoms with Crippen molar-refractivity contribution in [3.63, 3.8) is 0 Å². The minimum absolute atomic E-state index is 0.0255. The Hall–Kier alpha value is -2.60. The van der Waals surface area contributed by atoms with Crippen LogP contribution >= 0.6 is 0 Å². The summed E-state index contributed by atoms with van der Waals surface area (Å²) in [7, 11) is 0. The van der Waals surface area contributed by atoms with Gasteiger partial charge in [-0.1, -0.05) is 18.2 Å². The number of hydrogen-bond acceptors (Lipinski definition) is 4. The van der Waals surface area contributed by atoms with Gasteiger partial charge in [-0.05, 0) is 56.2 Å². The van der Waals surface area contributed by atoms with Crippen molar-refractivity contribution in [1.82, 2.24) is 9.80 Å². The lowest BCUT2D eigenvalue weighted by atomic mass is 10.1. The minimum atomic E-state index is -0.227. The van der Waals surface area contributed by atoms with E-state index in [1.807, 2.05) is 43.0 Å². The van der Waals surface area contributed by atoms with Gasteiger partial charge in [-0.3, -0.25) is 9.69 Å². The SMILES string of the molecule is Cc1ccc(OCC(=O)N2CC(C)N(Cc3ccc(F)cc3)C[C@@H]2C)c(N)c1. The molecule has 0 bridgehead atoms. The number of nitrogen functional groups attached to an aromatic ring is 1. The molecule has 0 spiro atoms. The smallest absolute Gasteiger partial charge is 0.260 e. The van der Waals surface area contributed by atoms with Gasteiger partial charge in [-0.25, -0.2) is 4.39 Å². The summed E-state index contributed by atoms with van der Waals surface area (Å²) in [6.07, 6.45) is 0. The van der Waals surface area contributed by atoms with Gasteiger partial charge < -0.3 is 15.4 Å². The first-order valence-corrected chi connectivity index (χ1v) is 9.60. The van der Waals surface area contributed by atoms with Crippen LogP contribution in [0.1, 0.15) is 25.0 Å². The monoisotopic (exact) mass is 385 g/mol. The molecule has 1 aliphatic heterocycles. The van der Waals surface area contributed by atoms with Crippen molar-refractivity contribution >= 4 is 11.6 Å². The Morgan fingerprint density at radius 1 is 1.14 bits per heavy atom. The van der Waals surface area contributed by atoms with Crippen LogP contribution < -0.4 is 10.5 Å². The quantitative estimate of drug-likeness (QED) is 0.803. The van der Waals surface area contributed by atoms with Gasteiger partial charge >= 0.3 is 0 Å². The fourth-order valence-electron chi connectivity index (χ4n) is 3.61. The van der Waals surface area contributed by atoms with Crippen LogP contribution in [0.5, 0.6) is 5.75 Å². The van der Waals surface area contributed by atoms with Crippen LogP contribution in [-0.4, -0.2) is 47.5 Å². The predicted molar refractivity (Wildman–Crippen MR) is 109 cm³/mol. The first kappa shape index (κ1) is 20.1. The fourth-order valence-corrected chi connectivity index (χ4v) is 3.61. The number of halogens is 1. The molecule has 2 aromatic rings. The van der Waals surface area contributed by atoms with Gasteiger partial charge in [0, 0.05) is 31.7 Å². The molecule has 0 aromatic heterocycles. The highest BCUT2D eigenvalue weighted by atomic mass is 19.1. The van der Waals surface area contributed by atoms with E-state index in [4.69, 9.17) is 10.5 Å². The number of amides is 1. The fraction of sp³-hybridized carbons (Fsp3) is 0.409. The third kappa shape index (κ3) is 4.81. The van der Waals surface area contributed by atoms with E-state index in [9.17, 15) is 9.18 Å². The normalized spacial score (nSPS) is 20.2. The molecule has 2 aromatic carbocycles. The van der Waals surface area contributed by atoms with Crippen LogP contribution in [0.15, 0.2) is 42.5 Å². The number of benzene rings is 2. The molecule has 28 heavy (non-hydrogen) atoms. The van der Waals surface area contributed by atoms with Gasteiger partial charge in [-0.2, -0.15) is 0 Å². The van der Waals surface area contributed by atoms with Crippen molar-refractivity contribution in [2.24, 2.45) is 0 Å². The number of ether oxygens (including phenoxy) is 1. The molecule has 1 heterocycles. The Morgan fingerprint density at radius 2 is 1.86 bits per heavy atom. The Bertz CT molecular complexity index is 825. The topological polar surface area (TPSA) is 58.8 Å². The molecule has 1 unspecified atom stereocenters. The van der Waals surface area contributed by atoms with Crippen molar-refractivity contribution in [2.45, 2.75) is 39.4 Å². The Kier molecular flexibility index (Phi) is 6.19. The van der Waals surface area contributed by atoms with Gasteiger partial charge in [-0.15, -0.1) is 0 Å². The van der Waals surface area contributed by atoms with Crippen LogP contribution in [0.3, 0.4) is 0 Å². The molecule has 0 aliphatic carbocycles. The van der Waals surface area contributed by atoms with Crippen LogP contribution in [0.25, 0.3) is 0 Å². The lowest BCUT2D eigenvalue weighted by Gasteiger charge is -2.44. The first-order chi connectivity index (χ1) is 13.3. The molecule has 1 fully saturated rings. The molecule has 1 aliphatic rings. The Balaban J connectivity index is 1.57. The lowest BCUT2D eigenvalue weighted by Crippen LogP contribution is -2.58. The average molecular weight is 385 g/mol. The van der Waals surface area contributed by atoms with Gasteiger partial charge in [0.2, 0.25) is 0 Å². The summed E-state index contributed by atoms with van der Waals surface area (Å²) in [4.78, 5) is 16.9. The van der Waals surface area contributed by atoms with Crippen molar-refractivity contribution in [3.8, 4) is 5.75 Å². The molecule has 2 atom stereocenters. The molecule has 2 N–H and O–H groups in total. The summed E-state index contributed by atoms with van der Waals surface area (Å²) < 4.78 is 18.8. The molecule has 1 saturated heterocycles. The third-order valence-corrected chi connectivity index (χ3v) is 5.25. The summed E-state index contributed by atoms with van der Waals surface area (Å²) in [5, 5.41) is 0. The van der Waals surface area contributed by atoms with Crippen molar-refractivity contribution < 1.29 is 13.9 Å². The zero-order valence-electron chi connectivity index (χ0n) is 16.7. The van der Waals surface area contributed by atoms with Gasteiger partial charge in [0.15, 0.2) is 6.61 Å². The van der Waals surface area contributed by atoms with Crippen molar-refractivity contribution in [1.29, 1.82) is 0 Å². The highest BCUT2D eigenvalue weighted by molar-refractivity contribution is 5.78. The number of nitrogens with two attached hydrogens (primary N) is 1. The molecule has 1 amide bonds. The van der Waals surface area contributed by atoms with Gasteiger partial charge in [0.25, 0.3) is 5.91 Å². The zero-order valence-corrected chi connectivity index (χ0v) is 16.7. The van der Waals surface area contributed by atoms with Crippen LogP contribution in [0, 0.1) is 12.7 Å². The molecule has 0 radical (unpaired) electrons. The number of piperazine rings is 1. The molecule has 3 rings (SSSR count). The maximum atomic E-state index is 13.1. The first-order valence-electron chi connectivity index (χ1n) is 9.60. The van der Waals surface area contributed by atoms with E-state index in [2.05, 4.69) is 11.8 Å². The Morgan fingerprint density at radius 3 is 2.54 bits per heavy atom. The number of rotatable bonds is 5. The van der Waals surface area contributed by atoms with Gasteiger partial charge in [0.05, 0.1) is 5.69 Å². The second-order valence-electron chi connectivity index (χ2n) is 7.63. The van der Waals surface area contributed by atoms with E-state index in [0.29, 0.717) is 18.0 Å². The standard InChI is InChI=1S/C22H28FN3O2/c1-15-4-9-21(20(24)10-15)28-14-22(27)26-12-16(2)25(11-17(26)3)13-18-5-7-19(23)8-6-18/h4-10,16-17H,11-14,24H2,1-3H3/t16?,17-/m0/s1. The molecule has 6 heteroatoms. The maximum Gasteiger partial charge on any atom is 0.260 e. The highest BCUT2D eigenvalue weighted by Crippen LogP contribution is 2.23. The van der Waals surface area contributed by atoms with Crippen LogP contribution in [0.4, 0.5) is 10.1 Å². The summed E-state index contributed by atoms with van der Waals surface area (Å²) in [6.45, 7) is 8.22.